The first-order valence-corrected chi connectivity index (χ1v) is 8.68. The molecular weight excluding hydrogens is 380 g/mol. The maximum absolute atomic E-state index is 12.5. The van der Waals surface area contributed by atoms with Gasteiger partial charge in [0, 0.05) is 46.1 Å². The highest BCUT2D eigenvalue weighted by Crippen LogP contribution is 2.20. The number of benzene rings is 1. The van der Waals surface area contributed by atoms with Gasteiger partial charge in [-0.05, 0) is 23.8 Å². The zero-order chi connectivity index (χ0) is 17.2. The Morgan fingerprint density at radius 2 is 2.12 bits per heavy atom. The summed E-state index contributed by atoms with van der Waals surface area (Å²) in [6, 6.07) is 11.6. The number of nitrogens with one attached hydrogen (secondary N) is 1. The topological polar surface area (TPSA) is 63.6 Å². The fourth-order valence-corrected chi connectivity index (χ4v) is 3.35. The van der Waals surface area contributed by atoms with Gasteiger partial charge in [-0.15, -0.1) is 0 Å². The number of aromatic nitrogens is 4. The van der Waals surface area contributed by atoms with Crippen LogP contribution in [0.1, 0.15) is 21.6 Å². The number of H-pyrrole nitrogens is 1. The molecule has 0 fully saturated rings. The summed E-state index contributed by atoms with van der Waals surface area (Å²) in [5.74, 6) is 0.0720. The third kappa shape index (κ3) is 3.39. The summed E-state index contributed by atoms with van der Waals surface area (Å²) in [5, 5.41) is 1.01. The average Bonchev–Trinajstić information content (AvgIpc) is 3.24. The molecule has 6 heteroatoms. The zero-order valence-electron chi connectivity index (χ0n) is 13.3. The second-order valence-corrected chi connectivity index (χ2v) is 6.75. The number of imidazole rings is 1. The summed E-state index contributed by atoms with van der Waals surface area (Å²) in [6.07, 6.45) is 7.54. The highest BCUT2D eigenvalue weighted by atomic mass is 79.9. The Balaban J connectivity index is 1.56. The van der Waals surface area contributed by atoms with Gasteiger partial charge in [0.2, 0.25) is 0 Å². The van der Waals surface area contributed by atoms with Crippen molar-refractivity contribution in [3.05, 3.63) is 82.6 Å². The zero-order valence-corrected chi connectivity index (χ0v) is 14.9. The standard InChI is InChI=1S/C19H15BrN4O/c20-17-4-2-1-3-16(17)18(25)8-13-7-14-9-15(23-19(14)22-10-13)11-24-6-5-21-12-24/h1-7,9-10,12H,8,11H2,(H,22,23). The van der Waals surface area contributed by atoms with Crippen molar-refractivity contribution in [2.24, 2.45) is 0 Å². The van der Waals surface area contributed by atoms with Gasteiger partial charge in [-0.3, -0.25) is 4.79 Å². The predicted molar refractivity (Wildman–Crippen MR) is 99.6 cm³/mol. The molecule has 0 radical (unpaired) electrons. The Morgan fingerprint density at radius 3 is 2.92 bits per heavy atom. The van der Waals surface area contributed by atoms with Crippen molar-refractivity contribution in [2.45, 2.75) is 13.0 Å². The molecule has 0 amide bonds. The molecule has 0 aliphatic carbocycles. The molecule has 0 bridgehead atoms. The van der Waals surface area contributed by atoms with E-state index in [4.69, 9.17) is 0 Å². The van der Waals surface area contributed by atoms with E-state index in [2.05, 4.69) is 36.9 Å². The van der Waals surface area contributed by atoms with Gasteiger partial charge in [-0.25, -0.2) is 9.97 Å². The van der Waals surface area contributed by atoms with Crippen LogP contribution in [0.4, 0.5) is 0 Å². The molecule has 3 heterocycles. The Morgan fingerprint density at radius 1 is 1.24 bits per heavy atom. The lowest BCUT2D eigenvalue weighted by Crippen LogP contribution is -2.04. The smallest absolute Gasteiger partial charge is 0.168 e. The van der Waals surface area contributed by atoms with Crippen molar-refractivity contribution >= 4 is 32.7 Å². The van der Waals surface area contributed by atoms with Gasteiger partial charge < -0.3 is 9.55 Å². The maximum atomic E-state index is 12.5. The van der Waals surface area contributed by atoms with Crippen LogP contribution in [0.15, 0.2) is 65.8 Å². The number of hydrogen-bond donors (Lipinski definition) is 1. The monoisotopic (exact) mass is 394 g/mol. The number of Topliss-reactive ketones (excluding diaryl/α,β-unsaturated/α-hetero) is 1. The lowest BCUT2D eigenvalue weighted by molar-refractivity contribution is 0.0992. The van der Waals surface area contributed by atoms with Crippen molar-refractivity contribution in [1.82, 2.24) is 19.5 Å². The summed E-state index contributed by atoms with van der Waals surface area (Å²) in [5.41, 5.74) is 3.47. The normalized spacial score (nSPS) is 11.1. The van der Waals surface area contributed by atoms with Crippen LogP contribution in [0.5, 0.6) is 0 Å². The van der Waals surface area contributed by atoms with Crippen LogP contribution in [-0.4, -0.2) is 25.3 Å². The number of halogens is 1. The third-order valence-corrected chi connectivity index (χ3v) is 4.73. The number of nitrogens with zero attached hydrogens (tertiary/aromatic N) is 3. The second kappa shape index (κ2) is 6.64. The summed E-state index contributed by atoms with van der Waals surface area (Å²) in [4.78, 5) is 24.3. The van der Waals surface area contributed by atoms with Crippen LogP contribution in [-0.2, 0) is 13.0 Å². The fraction of sp³-hybridized carbons (Fsp3) is 0.105. The van der Waals surface area contributed by atoms with E-state index in [0.717, 1.165) is 26.8 Å². The summed E-state index contributed by atoms with van der Waals surface area (Å²) < 4.78 is 2.81. The van der Waals surface area contributed by atoms with Gasteiger partial charge in [-0.1, -0.05) is 34.1 Å². The number of aromatic amines is 1. The lowest BCUT2D eigenvalue weighted by atomic mass is 10.0. The Bertz CT molecular complexity index is 1040. The Hall–Kier alpha value is -2.73. The van der Waals surface area contributed by atoms with E-state index in [0.29, 0.717) is 18.5 Å². The molecule has 0 unspecified atom stereocenters. The summed E-state index contributed by atoms with van der Waals surface area (Å²) >= 11 is 3.43. The van der Waals surface area contributed by atoms with Crippen LogP contribution in [0.25, 0.3) is 11.0 Å². The molecule has 124 valence electrons. The lowest BCUT2D eigenvalue weighted by Gasteiger charge is -2.03. The first-order chi connectivity index (χ1) is 12.2. The average molecular weight is 395 g/mol. The van der Waals surface area contributed by atoms with Crippen LogP contribution in [0.2, 0.25) is 0 Å². The summed E-state index contributed by atoms with van der Waals surface area (Å²) in [6.45, 7) is 0.710. The van der Waals surface area contributed by atoms with E-state index in [-0.39, 0.29) is 5.78 Å². The number of hydrogen-bond acceptors (Lipinski definition) is 3. The Kier molecular flexibility index (Phi) is 4.19. The van der Waals surface area contributed by atoms with Gasteiger partial charge in [0.15, 0.2) is 5.78 Å². The minimum absolute atomic E-state index is 0.0720. The van der Waals surface area contributed by atoms with E-state index < -0.39 is 0 Å². The van der Waals surface area contributed by atoms with E-state index in [1.807, 2.05) is 41.1 Å². The van der Waals surface area contributed by atoms with E-state index in [1.165, 1.54) is 0 Å². The van der Waals surface area contributed by atoms with Gasteiger partial charge >= 0.3 is 0 Å². The minimum atomic E-state index is 0.0720. The third-order valence-electron chi connectivity index (χ3n) is 4.03. The molecule has 4 aromatic rings. The molecular formula is C19H15BrN4O. The van der Waals surface area contributed by atoms with Crippen molar-refractivity contribution in [3.8, 4) is 0 Å². The van der Waals surface area contributed by atoms with Crippen LogP contribution in [0.3, 0.4) is 0 Å². The van der Waals surface area contributed by atoms with Gasteiger partial charge in [0.05, 0.1) is 12.9 Å². The molecule has 1 N–H and O–H groups in total. The molecule has 25 heavy (non-hydrogen) atoms. The van der Waals surface area contributed by atoms with E-state index in [9.17, 15) is 4.79 Å². The number of fused-ring (bicyclic) bond motifs is 1. The van der Waals surface area contributed by atoms with Gasteiger partial charge in [0.1, 0.15) is 5.65 Å². The van der Waals surface area contributed by atoms with Gasteiger partial charge in [-0.2, -0.15) is 0 Å². The van der Waals surface area contributed by atoms with Crippen molar-refractivity contribution in [3.63, 3.8) is 0 Å². The SMILES string of the molecule is O=C(Cc1cnc2[nH]c(Cn3ccnc3)cc2c1)c1ccccc1Br. The molecule has 1 aromatic carbocycles. The van der Waals surface area contributed by atoms with Crippen molar-refractivity contribution in [1.29, 1.82) is 0 Å². The number of ketones is 1. The van der Waals surface area contributed by atoms with Crippen molar-refractivity contribution < 1.29 is 4.79 Å². The van der Waals surface area contributed by atoms with Crippen molar-refractivity contribution in [2.75, 3.05) is 0 Å². The molecule has 0 atom stereocenters. The van der Waals surface area contributed by atoms with Crippen LogP contribution >= 0.6 is 15.9 Å². The summed E-state index contributed by atoms with van der Waals surface area (Å²) in [7, 11) is 0. The molecule has 4 rings (SSSR count). The molecule has 0 aliphatic rings. The van der Waals surface area contributed by atoms with E-state index in [1.54, 1.807) is 18.7 Å². The molecule has 3 aromatic heterocycles. The number of pyridine rings is 1. The molecule has 0 saturated carbocycles. The van der Waals surface area contributed by atoms with Crippen LogP contribution in [0, 0.1) is 0 Å². The Labute approximate surface area is 152 Å². The number of carbonyl (C=O) groups is 1. The second-order valence-electron chi connectivity index (χ2n) is 5.89. The highest BCUT2D eigenvalue weighted by molar-refractivity contribution is 9.10. The molecule has 5 nitrogen and oxygen atoms in total. The quantitative estimate of drug-likeness (QED) is 0.520. The fourth-order valence-electron chi connectivity index (χ4n) is 2.84. The molecule has 0 spiro atoms. The molecule has 0 saturated heterocycles. The van der Waals surface area contributed by atoms with Gasteiger partial charge in [0.25, 0.3) is 0 Å². The van der Waals surface area contributed by atoms with E-state index >= 15 is 0 Å². The first-order valence-electron chi connectivity index (χ1n) is 7.89. The number of rotatable bonds is 5. The largest absolute Gasteiger partial charge is 0.342 e. The highest BCUT2D eigenvalue weighted by Gasteiger charge is 2.12. The molecule has 0 aliphatic heterocycles. The predicted octanol–water partition coefficient (Wildman–Crippen LogP) is 4.00. The number of carbonyl (C=O) groups excluding carboxylic acids is 1. The first kappa shape index (κ1) is 15.8. The maximum Gasteiger partial charge on any atom is 0.168 e. The minimum Gasteiger partial charge on any atom is -0.342 e. The van der Waals surface area contributed by atoms with Crippen LogP contribution < -0.4 is 0 Å².